The molecule has 1 aromatic heterocycles. The smallest absolute Gasteiger partial charge is 0.338 e. The van der Waals surface area contributed by atoms with E-state index < -0.39 is 5.97 Å². The fourth-order valence-electron chi connectivity index (χ4n) is 2.88. The highest BCUT2D eigenvalue weighted by Gasteiger charge is 2.27. The van der Waals surface area contributed by atoms with Crippen LogP contribution in [-0.2, 0) is 4.74 Å². The van der Waals surface area contributed by atoms with Gasteiger partial charge in [0.05, 0.1) is 10.4 Å². The van der Waals surface area contributed by atoms with E-state index in [0.717, 1.165) is 11.1 Å². The van der Waals surface area contributed by atoms with Gasteiger partial charge in [-0.05, 0) is 40.8 Å². The highest BCUT2D eigenvalue weighted by molar-refractivity contribution is 7.12. The molecule has 0 saturated heterocycles. The van der Waals surface area contributed by atoms with Gasteiger partial charge in [-0.25, -0.2) is 4.79 Å². The molecular formula is C20H12O4S. The maximum Gasteiger partial charge on any atom is 0.338 e. The van der Waals surface area contributed by atoms with Gasteiger partial charge in [0.2, 0.25) is 5.78 Å². The minimum Gasteiger partial charge on any atom is -0.454 e. The van der Waals surface area contributed by atoms with E-state index in [1.165, 1.54) is 11.3 Å². The predicted molar refractivity (Wildman–Crippen MR) is 94.2 cm³/mol. The van der Waals surface area contributed by atoms with Gasteiger partial charge in [-0.3, -0.25) is 9.59 Å². The number of hydrogen-bond acceptors (Lipinski definition) is 5. The minimum absolute atomic E-state index is 0.0432. The van der Waals surface area contributed by atoms with Crippen molar-refractivity contribution >= 4 is 28.9 Å². The first-order chi connectivity index (χ1) is 12.1. The van der Waals surface area contributed by atoms with Crippen molar-refractivity contribution in [1.29, 1.82) is 0 Å². The van der Waals surface area contributed by atoms with Crippen LogP contribution in [0.15, 0.2) is 60.0 Å². The summed E-state index contributed by atoms with van der Waals surface area (Å²) < 4.78 is 5.12. The van der Waals surface area contributed by atoms with Gasteiger partial charge in [0.15, 0.2) is 12.4 Å². The Labute approximate surface area is 147 Å². The zero-order valence-electron chi connectivity index (χ0n) is 13.0. The lowest BCUT2D eigenvalue weighted by molar-refractivity contribution is 0.0476. The second kappa shape index (κ2) is 6.11. The Balaban J connectivity index is 1.56. The van der Waals surface area contributed by atoms with Crippen LogP contribution in [0.25, 0.3) is 11.1 Å². The number of hydrogen-bond donors (Lipinski definition) is 0. The number of benzene rings is 2. The maximum atomic E-state index is 12.4. The summed E-state index contributed by atoms with van der Waals surface area (Å²) >= 11 is 1.31. The Morgan fingerprint density at radius 3 is 2.40 bits per heavy atom. The van der Waals surface area contributed by atoms with Crippen LogP contribution < -0.4 is 0 Å². The summed E-state index contributed by atoms with van der Waals surface area (Å²) in [4.78, 5) is 37.1. The highest BCUT2D eigenvalue weighted by atomic mass is 32.1. The lowest BCUT2D eigenvalue weighted by Crippen LogP contribution is -2.13. The fourth-order valence-corrected chi connectivity index (χ4v) is 3.53. The molecule has 2 aromatic carbocycles. The van der Waals surface area contributed by atoms with Crippen molar-refractivity contribution in [2.24, 2.45) is 0 Å². The number of Topliss-reactive ketones (excluding diaryl/α,β-unsaturated/α-hetero) is 1. The molecule has 25 heavy (non-hydrogen) atoms. The number of carbonyl (C=O) groups is 3. The van der Waals surface area contributed by atoms with E-state index in [0.29, 0.717) is 21.6 Å². The third-order valence-electron chi connectivity index (χ3n) is 4.09. The largest absolute Gasteiger partial charge is 0.454 e. The van der Waals surface area contributed by atoms with Crippen LogP contribution in [-0.4, -0.2) is 24.1 Å². The first-order valence-electron chi connectivity index (χ1n) is 7.67. The Hall–Kier alpha value is -3.05. The lowest BCUT2D eigenvalue weighted by Gasteiger charge is -2.06. The van der Waals surface area contributed by atoms with Crippen molar-refractivity contribution < 1.29 is 19.1 Å². The van der Waals surface area contributed by atoms with Gasteiger partial charge in [0, 0.05) is 11.1 Å². The summed E-state index contributed by atoms with van der Waals surface area (Å²) in [6.07, 6.45) is 0. The number of carbonyl (C=O) groups excluding carboxylic acids is 3. The molecule has 1 aliphatic carbocycles. The molecule has 4 nitrogen and oxygen atoms in total. The molecule has 3 aromatic rings. The number of ketones is 2. The van der Waals surface area contributed by atoms with Crippen molar-refractivity contribution in [3.05, 3.63) is 81.5 Å². The molecule has 1 heterocycles. The third-order valence-corrected chi connectivity index (χ3v) is 5.00. The zero-order valence-corrected chi connectivity index (χ0v) is 13.8. The van der Waals surface area contributed by atoms with E-state index >= 15 is 0 Å². The van der Waals surface area contributed by atoms with Crippen LogP contribution in [0, 0.1) is 0 Å². The molecule has 0 saturated carbocycles. The number of esters is 1. The second-order valence-electron chi connectivity index (χ2n) is 5.61. The molecule has 0 fully saturated rings. The summed E-state index contributed by atoms with van der Waals surface area (Å²) in [5.74, 6) is -0.854. The van der Waals surface area contributed by atoms with Crippen LogP contribution in [0.1, 0.15) is 36.0 Å². The summed E-state index contributed by atoms with van der Waals surface area (Å²) in [6.45, 7) is -0.300. The monoisotopic (exact) mass is 348 g/mol. The molecule has 0 bridgehead atoms. The van der Waals surface area contributed by atoms with Gasteiger partial charge >= 0.3 is 5.97 Å². The quantitative estimate of drug-likeness (QED) is 0.413. The topological polar surface area (TPSA) is 60.4 Å². The van der Waals surface area contributed by atoms with Gasteiger partial charge in [-0.15, -0.1) is 11.3 Å². The molecule has 0 spiro atoms. The highest BCUT2D eigenvalue weighted by Crippen LogP contribution is 2.36. The summed E-state index contributed by atoms with van der Waals surface area (Å²) in [5, 5.41) is 1.80. The molecule has 122 valence electrons. The Bertz CT molecular complexity index is 1000. The van der Waals surface area contributed by atoms with Crippen molar-refractivity contribution in [2.75, 3.05) is 6.61 Å². The molecule has 0 unspecified atom stereocenters. The average Bonchev–Trinajstić information content (AvgIpc) is 3.27. The van der Waals surface area contributed by atoms with Crippen LogP contribution in [0.4, 0.5) is 0 Å². The average molecular weight is 348 g/mol. The minimum atomic E-state index is -0.579. The second-order valence-corrected chi connectivity index (χ2v) is 6.56. The van der Waals surface area contributed by atoms with Crippen LogP contribution in [0.5, 0.6) is 0 Å². The standard InChI is InChI=1S/C20H12O4S/c21-17(18-6-3-9-25-18)11-24-20(23)12-7-8-15-16(10-12)13-4-1-2-5-14(13)19(15)22/h1-10H,11H2. The molecule has 0 N–H and O–H groups in total. The summed E-state index contributed by atoms with van der Waals surface area (Å²) in [5.41, 5.74) is 3.07. The van der Waals surface area contributed by atoms with Gasteiger partial charge in [0.25, 0.3) is 0 Å². The zero-order chi connectivity index (χ0) is 17.4. The SMILES string of the molecule is O=C(OCC(=O)c1cccs1)c1ccc2c(c1)-c1ccccc1C2=O. The molecule has 0 amide bonds. The molecule has 1 aliphatic rings. The Kier molecular flexibility index (Phi) is 3.78. The third kappa shape index (κ3) is 2.68. The van der Waals surface area contributed by atoms with Crippen molar-refractivity contribution in [1.82, 2.24) is 0 Å². The van der Waals surface area contributed by atoms with E-state index in [1.807, 2.05) is 18.2 Å². The predicted octanol–water partition coefficient (Wildman–Crippen LogP) is 4.00. The fraction of sp³-hybridized carbons (Fsp3) is 0.0500. The van der Waals surface area contributed by atoms with Gasteiger partial charge < -0.3 is 4.74 Å². The van der Waals surface area contributed by atoms with Crippen LogP contribution >= 0.6 is 11.3 Å². The van der Waals surface area contributed by atoms with Gasteiger partial charge in [-0.1, -0.05) is 30.3 Å². The van der Waals surface area contributed by atoms with Crippen molar-refractivity contribution in [3.8, 4) is 11.1 Å². The summed E-state index contributed by atoms with van der Waals surface area (Å²) in [6, 6.07) is 15.6. The number of ether oxygens (including phenoxy) is 1. The van der Waals surface area contributed by atoms with Crippen LogP contribution in [0.3, 0.4) is 0 Å². The van der Waals surface area contributed by atoms with E-state index in [-0.39, 0.29) is 18.2 Å². The molecular weight excluding hydrogens is 336 g/mol. The van der Waals surface area contributed by atoms with E-state index in [4.69, 9.17) is 4.74 Å². The van der Waals surface area contributed by atoms with Gasteiger partial charge in [-0.2, -0.15) is 0 Å². The lowest BCUT2D eigenvalue weighted by atomic mass is 10.0. The van der Waals surface area contributed by atoms with E-state index in [1.54, 1.807) is 41.8 Å². The number of rotatable bonds is 4. The van der Waals surface area contributed by atoms with Crippen molar-refractivity contribution in [3.63, 3.8) is 0 Å². The molecule has 0 atom stereocenters. The van der Waals surface area contributed by atoms with Crippen LogP contribution in [0.2, 0.25) is 0 Å². The molecule has 0 aliphatic heterocycles. The number of thiophene rings is 1. The van der Waals surface area contributed by atoms with E-state index in [2.05, 4.69) is 0 Å². The Morgan fingerprint density at radius 2 is 1.64 bits per heavy atom. The molecule has 0 radical (unpaired) electrons. The summed E-state index contributed by atoms with van der Waals surface area (Å²) in [7, 11) is 0. The normalized spacial score (nSPS) is 11.8. The number of fused-ring (bicyclic) bond motifs is 3. The first kappa shape index (κ1) is 15.5. The first-order valence-corrected chi connectivity index (χ1v) is 8.55. The molecule has 4 rings (SSSR count). The molecule has 5 heteroatoms. The maximum absolute atomic E-state index is 12.4. The van der Waals surface area contributed by atoms with Crippen molar-refractivity contribution in [2.45, 2.75) is 0 Å². The van der Waals surface area contributed by atoms with Gasteiger partial charge in [0.1, 0.15) is 0 Å². The van der Waals surface area contributed by atoms with E-state index in [9.17, 15) is 14.4 Å². The Morgan fingerprint density at radius 1 is 0.880 bits per heavy atom.